The fourth-order valence-corrected chi connectivity index (χ4v) is 3.56. The zero-order chi connectivity index (χ0) is 20.1. The highest BCUT2D eigenvalue weighted by Crippen LogP contribution is 2.23. The summed E-state index contributed by atoms with van der Waals surface area (Å²) in [5.41, 5.74) is 0.585. The molecule has 7 heteroatoms. The van der Waals surface area contributed by atoms with Gasteiger partial charge in [-0.05, 0) is 43.2 Å². The SMILES string of the molecule is O=C(NC1CCCCC1)c1cc(NC(=O)c2ccccc2C(=O)O)ccc1Cl. The number of anilines is 1. The van der Waals surface area contributed by atoms with E-state index < -0.39 is 11.9 Å². The molecule has 1 aliphatic rings. The summed E-state index contributed by atoms with van der Waals surface area (Å²) in [7, 11) is 0. The van der Waals surface area contributed by atoms with E-state index in [9.17, 15) is 19.5 Å². The number of carbonyl (C=O) groups is 3. The van der Waals surface area contributed by atoms with E-state index in [1.807, 2.05) is 0 Å². The molecule has 3 rings (SSSR count). The van der Waals surface area contributed by atoms with Gasteiger partial charge in [-0.25, -0.2) is 4.79 Å². The molecule has 2 aromatic carbocycles. The largest absolute Gasteiger partial charge is 0.478 e. The van der Waals surface area contributed by atoms with E-state index in [1.54, 1.807) is 18.2 Å². The van der Waals surface area contributed by atoms with Gasteiger partial charge in [-0.15, -0.1) is 0 Å². The van der Waals surface area contributed by atoms with E-state index in [2.05, 4.69) is 10.6 Å². The standard InChI is InChI=1S/C21H21ClN2O4/c22-18-11-10-14(12-17(18)20(26)23-13-6-2-1-3-7-13)24-19(25)15-8-4-5-9-16(15)21(27)28/h4-5,8-13H,1-3,6-7H2,(H,23,26)(H,24,25)(H,27,28). The van der Waals surface area contributed by atoms with Gasteiger partial charge in [-0.2, -0.15) is 0 Å². The van der Waals surface area contributed by atoms with Crippen molar-refractivity contribution in [1.82, 2.24) is 5.32 Å². The molecule has 1 saturated carbocycles. The summed E-state index contributed by atoms with van der Waals surface area (Å²) < 4.78 is 0. The van der Waals surface area contributed by atoms with Crippen molar-refractivity contribution in [2.24, 2.45) is 0 Å². The summed E-state index contributed by atoms with van der Waals surface area (Å²) in [5.74, 6) is -2.03. The lowest BCUT2D eigenvalue weighted by molar-refractivity contribution is 0.0692. The molecule has 0 unspecified atom stereocenters. The molecule has 28 heavy (non-hydrogen) atoms. The van der Waals surface area contributed by atoms with Gasteiger partial charge in [0.15, 0.2) is 0 Å². The number of carbonyl (C=O) groups excluding carboxylic acids is 2. The van der Waals surface area contributed by atoms with Gasteiger partial charge in [0.2, 0.25) is 0 Å². The Balaban J connectivity index is 1.77. The van der Waals surface area contributed by atoms with Crippen LogP contribution in [0.25, 0.3) is 0 Å². The summed E-state index contributed by atoms with van der Waals surface area (Å²) in [4.78, 5) is 36.4. The molecular formula is C21H21ClN2O4. The molecule has 1 aliphatic carbocycles. The number of benzene rings is 2. The van der Waals surface area contributed by atoms with Crippen molar-refractivity contribution in [2.75, 3.05) is 5.32 Å². The maximum atomic E-state index is 12.6. The van der Waals surface area contributed by atoms with Crippen molar-refractivity contribution in [3.8, 4) is 0 Å². The molecule has 0 bridgehead atoms. The maximum Gasteiger partial charge on any atom is 0.336 e. The molecule has 0 atom stereocenters. The summed E-state index contributed by atoms with van der Waals surface area (Å²) in [6.07, 6.45) is 5.28. The fraction of sp³-hybridized carbons (Fsp3) is 0.286. The molecule has 2 amide bonds. The first-order valence-electron chi connectivity index (χ1n) is 9.20. The van der Waals surface area contributed by atoms with Crippen LogP contribution in [0.2, 0.25) is 5.02 Å². The molecular weight excluding hydrogens is 380 g/mol. The number of rotatable bonds is 5. The molecule has 3 N–H and O–H groups in total. The predicted octanol–water partition coefficient (Wildman–Crippen LogP) is 4.35. The van der Waals surface area contributed by atoms with Gasteiger partial charge in [0.05, 0.1) is 21.7 Å². The van der Waals surface area contributed by atoms with Crippen molar-refractivity contribution in [3.05, 3.63) is 64.2 Å². The Kier molecular flexibility index (Phi) is 6.31. The van der Waals surface area contributed by atoms with Crippen molar-refractivity contribution in [2.45, 2.75) is 38.1 Å². The number of hydrogen-bond donors (Lipinski definition) is 3. The molecule has 0 aliphatic heterocycles. The first-order chi connectivity index (χ1) is 13.5. The quantitative estimate of drug-likeness (QED) is 0.695. The molecule has 146 valence electrons. The van der Waals surface area contributed by atoms with Crippen LogP contribution < -0.4 is 10.6 Å². The molecule has 0 heterocycles. The third-order valence-electron chi connectivity index (χ3n) is 4.81. The average molecular weight is 401 g/mol. The van der Waals surface area contributed by atoms with Crippen LogP contribution in [0.3, 0.4) is 0 Å². The number of hydrogen-bond acceptors (Lipinski definition) is 3. The molecule has 2 aromatic rings. The Bertz CT molecular complexity index is 907. The van der Waals surface area contributed by atoms with Crippen LogP contribution in [0, 0.1) is 0 Å². The summed E-state index contributed by atoms with van der Waals surface area (Å²) in [5, 5.41) is 15.2. The highest BCUT2D eigenvalue weighted by Gasteiger charge is 2.20. The average Bonchev–Trinajstić information content (AvgIpc) is 2.70. The number of nitrogens with one attached hydrogen (secondary N) is 2. The Labute approximate surface area is 167 Å². The monoisotopic (exact) mass is 400 g/mol. The van der Waals surface area contributed by atoms with E-state index >= 15 is 0 Å². The van der Waals surface area contributed by atoms with E-state index in [0.29, 0.717) is 5.69 Å². The molecule has 0 spiro atoms. The van der Waals surface area contributed by atoms with Crippen molar-refractivity contribution < 1.29 is 19.5 Å². The number of aromatic carboxylic acids is 1. The lowest BCUT2D eigenvalue weighted by Gasteiger charge is -2.23. The molecule has 1 fully saturated rings. The topological polar surface area (TPSA) is 95.5 Å². The fourth-order valence-electron chi connectivity index (χ4n) is 3.35. The smallest absolute Gasteiger partial charge is 0.336 e. The lowest BCUT2D eigenvalue weighted by Crippen LogP contribution is -2.36. The van der Waals surface area contributed by atoms with Gasteiger partial charge in [0, 0.05) is 11.7 Å². The van der Waals surface area contributed by atoms with Gasteiger partial charge >= 0.3 is 5.97 Å². The number of carboxylic acids is 1. The van der Waals surface area contributed by atoms with Gasteiger partial charge in [0.25, 0.3) is 11.8 Å². The van der Waals surface area contributed by atoms with E-state index in [4.69, 9.17) is 11.6 Å². The number of amides is 2. The van der Waals surface area contributed by atoms with Crippen LogP contribution in [0.15, 0.2) is 42.5 Å². The summed E-state index contributed by atoms with van der Waals surface area (Å²) in [6, 6.07) is 10.7. The van der Waals surface area contributed by atoms with Gasteiger partial charge in [-0.1, -0.05) is 43.0 Å². The van der Waals surface area contributed by atoms with Crippen molar-refractivity contribution >= 4 is 35.1 Å². The highest BCUT2D eigenvalue weighted by molar-refractivity contribution is 6.34. The van der Waals surface area contributed by atoms with E-state index in [-0.39, 0.29) is 33.7 Å². The predicted molar refractivity (Wildman–Crippen MR) is 107 cm³/mol. The van der Waals surface area contributed by atoms with Crippen LogP contribution >= 0.6 is 11.6 Å². The Hall–Kier alpha value is -2.86. The third kappa shape index (κ3) is 4.70. The minimum Gasteiger partial charge on any atom is -0.478 e. The second-order valence-corrected chi connectivity index (χ2v) is 7.22. The summed E-state index contributed by atoms with van der Waals surface area (Å²) >= 11 is 6.18. The Morgan fingerprint density at radius 3 is 2.25 bits per heavy atom. The van der Waals surface area contributed by atoms with Gasteiger partial charge in [-0.3, -0.25) is 9.59 Å². The number of halogens is 1. The third-order valence-corrected chi connectivity index (χ3v) is 5.14. The van der Waals surface area contributed by atoms with E-state index in [0.717, 1.165) is 25.7 Å². The minimum atomic E-state index is -1.19. The maximum absolute atomic E-state index is 12.6. The molecule has 0 radical (unpaired) electrons. The highest BCUT2D eigenvalue weighted by atomic mass is 35.5. The number of carboxylic acid groups (broad SMARTS) is 1. The zero-order valence-corrected chi connectivity index (χ0v) is 16.0. The molecule has 6 nitrogen and oxygen atoms in total. The lowest BCUT2D eigenvalue weighted by atomic mass is 9.95. The van der Waals surface area contributed by atoms with Crippen LogP contribution in [0.1, 0.15) is 63.2 Å². The van der Waals surface area contributed by atoms with Crippen molar-refractivity contribution in [3.63, 3.8) is 0 Å². The van der Waals surface area contributed by atoms with Gasteiger partial charge in [0.1, 0.15) is 0 Å². The van der Waals surface area contributed by atoms with Gasteiger partial charge < -0.3 is 15.7 Å². The normalized spacial score (nSPS) is 14.3. The summed E-state index contributed by atoms with van der Waals surface area (Å²) in [6.45, 7) is 0. The van der Waals surface area contributed by atoms with Crippen LogP contribution in [-0.4, -0.2) is 28.9 Å². The van der Waals surface area contributed by atoms with Crippen LogP contribution in [0.4, 0.5) is 5.69 Å². The second-order valence-electron chi connectivity index (χ2n) is 6.81. The van der Waals surface area contributed by atoms with Crippen molar-refractivity contribution in [1.29, 1.82) is 0 Å². The Morgan fingerprint density at radius 1 is 0.893 bits per heavy atom. The minimum absolute atomic E-state index is 0.0400. The zero-order valence-electron chi connectivity index (χ0n) is 15.2. The molecule has 0 aromatic heterocycles. The molecule has 0 saturated heterocycles. The second kappa shape index (κ2) is 8.89. The Morgan fingerprint density at radius 2 is 1.57 bits per heavy atom. The van der Waals surface area contributed by atoms with E-state index in [1.165, 1.54) is 30.7 Å². The van der Waals surface area contributed by atoms with Crippen LogP contribution in [-0.2, 0) is 0 Å². The first kappa shape index (κ1) is 19.9. The first-order valence-corrected chi connectivity index (χ1v) is 9.57. The van der Waals surface area contributed by atoms with Crippen LogP contribution in [0.5, 0.6) is 0 Å².